The molecule has 0 saturated carbocycles. The quantitative estimate of drug-likeness (QED) is 0.743. The zero-order chi connectivity index (χ0) is 14.7. The highest BCUT2D eigenvalue weighted by molar-refractivity contribution is 6.35. The largest absolute Gasteiger partial charge is 0.488 e. The second-order valence-corrected chi connectivity index (χ2v) is 5.47. The lowest BCUT2D eigenvalue weighted by molar-refractivity contribution is 0.112. The minimum Gasteiger partial charge on any atom is -0.488 e. The molecule has 104 valence electrons. The first-order chi connectivity index (χ1) is 9.51. The summed E-state index contributed by atoms with van der Waals surface area (Å²) < 4.78 is 5.83. The van der Waals surface area contributed by atoms with Crippen LogP contribution in [0.1, 0.15) is 27.0 Å². The molecular formula is C16H14Cl2O2. The summed E-state index contributed by atoms with van der Waals surface area (Å²) >= 11 is 12.0. The highest BCUT2D eigenvalue weighted by Crippen LogP contribution is 2.27. The molecular weight excluding hydrogens is 295 g/mol. The zero-order valence-electron chi connectivity index (χ0n) is 11.2. The lowest BCUT2D eigenvalue weighted by atomic mass is 10.1. The van der Waals surface area contributed by atoms with Gasteiger partial charge in [0.2, 0.25) is 0 Å². The van der Waals surface area contributed by atoms with Crippen molar-refractivity contribution < 1.29 is 9.53 Å². The van der Waals surface area contributed by atoms with Crippen molar-refractivity contribution in [3.05, 3.63) is 62.6 Å². The zero-order valence-corrected chi connectivity index (χ0v) is 12.8. The number of aldehydes is 1. The molecule has 0 heterocycles. The van der Waals surface area contributed by atoms with Crippen LogP contribution in [-0.4, -0.2) is 6.29 Å². The predicted molar refractivity (Wildman–Crippen MR) is 82.1 cm³/mol. The van der Waals surface area contributed by atoms with Crippen molar-refractivity contribution >= 4 is 29.5 Å². The van der Waals surface area contributed by atoms with Crippen LogP contribution in [0.5, 0.6) is 5.75 Å². The van der Waals surface area contributed by atoms with Gasteiger partial charge in [-0.2, -0.15) is 0 Å². The molecule has 0 N–H and O–H groups in total. The van der Waals surface area contributed by atoms with Gasteiger partial charge in [-0.15, -0.1) is 0 Å². The lowest BCUT2D eigenvalue weighted by Crippen LogP contribution is -2.00. The van der Waals surface area contributed by atoms with Crippen molar-refractivity contribution in [3.63, 3.8) is 0 Å². The number of halogens is 2. The smallest absolute Gasteiger partial charge is 0.150 e. The molecule has 0 radical (unpaired) electrons. The minimum atomic E-state index is 0.359. The third-order valence-corrected chi connectivity index (χ3v) is 3.59. The molecule has 2 aromatic carbocycles. The summed E-state index contributed by atoms with van der Waals surface area (Å²) in [5.41, 5.74) is 3.38. The Hall–Kier alpha value is -1.51. The number of carbonyl (C=O) groups is 1. The van der Waals surface area contributed by atoms with E-state index in [9.17, 15) is 4.79 Å². The monoisotopic (exact) mass is 308 g/mol. The first-order valence-corrected chi connectivity index (χ1v) is 6.90. The summed E-state index contributed by atoms with van der Waals surface area (Å²) in [6.45, 7) is 4.19. The van der Waals surface area contributed by atoms with Gasteiger partial charge in [-0.1, -0.05) is 29.3 Å². The molecule has 2 nitrogen and oxygen atoms in total. The first kappa shape index (κ1) is 14.9. The van der Waals surface area contributed by atoms with Gasteiger partial charge in [0.25, 0.3) is 0 Å². The van der Waals surface area contributed by atoms with Gasteiger partial charge in [0.05, 0.1) is 0 Å². The van der Waals surface area contributed by atoms with Gasteiger partial charge in [0.15, 0.2) is 0 Å². The number of benzene rings is 2. The van der Waals surface area contributed by atoms with Crippen molar-refractivity contribution in [2.24, 2.45) is 0 Å². The third-order valence-electron chi connectivity index (χ3n) is 3.01. The Bertz CT molecular complexity index is 628. The second kappa shape index (κ2) is 6.29. The molecule has 20 heavy (non-hydrogen) atoms. The molecule has 0 saturated heterocycles. The van der Waals surface area contributed by atoms with Crippen LogP contribution in [0, 0.1) is 13.8 Å². The predicted octanol–water partition coefficient (Wildman–Crippen LogP) is 5.00. The number of aryl methyl sites for hydroxylation is 2. The molecule has 0 bridgehead atoms. The van der Waals surface area contributed by atoms with Crippen molar-refractivity contribution in [3.8, 4) is 5.75 Å². The first-order valence-electron chi connectivity index (χ1n) is 6.14. The topological polar surface area (TPSA) is 26.3 Å². The Morgan fingerprint density at radius 3 is 2.30 bits per heavy atom. The maximum Gasteiger partial charge on any atom is 0.150 e. The molecule has 0 aliphatic carbocycles. The third kappa shape index (κ3) is 3.33. The summed E-state index contributed by atoms with van der Waals surface area (Å²) in [5, 5.41) is 1.18. The van der Waals surface area contributed by atoms with Gasteiger partial charge in [-0.3, -0.25) is 4.79 Å². The van der Waals surface area contributed by atoms with E-state index in [0.29, 0.717) is 22.2 Å². The Morgan fingerprint density at radius 1 is 1.10 bits per heavy atom. The maximum atomic E-state index is 10.8. The number of hydrogen-bond acceptors (Lipinski definition) is 2. The molecule has 2 rings (SSSR count). The fraction of sp³-hybridized carbons (Fsp3) is 0.188. The number of ether oxygens (including phenoxy) is 1. The number of carbonyl (C=O) groups excluding carboxylic acids is 1. The highest BCUT2D eigenvalue weighted by Gasteiger charge is 2.08. The van der Waals surface area contributed by atoms with Crippen LogP contribution in [0.15, 0.2) is 30.3 Å². The maximum absolute atomic E-state index is 10.8. The van der Waals surface area contributed by atoms with E-state index in [4.69, 9.17) is 27.9 Å². The summed E-state index contributed by atoms with van der Waals surface area (Å²) in [5.74, 6) is 0.779. The molecule has 2 aromatic rings. The van der Waals surface area contributed by atoms with Crippen LogP contribution in [0.25, 0.3) is 0 Å². The van der Waals surface area contributed by atoms with Gasteiger partial charge in [-0.25, -0.2) is 0 Å². The van der Waals surface area contributed by atoms with Crippen molar-refractivity contribution in [1.82, 2.24) is 0 Å². The average Bonchev–Trinajstić information content (AvgIpc) is 2.39. The van der Waals surface area contributed by atoms with Crippen LogP contribution in [0.2, 0.25) is 10.0 Å². The molecule has 0 aliphatic heterocycles. The number of hydrogen-bond donors (Lipinski definition) is 0. The van der Waals surface area contributed by atoms with Gasteiger partial charge in [0.1, 0.15) is 18.6 Å². The second-order valence-electron chi connectivity index (χ2n) is 4.63. The Labute approximate surface area is 128 Å². The van der Waals surface area contributed by atoms with E-state index in [0.717, 1.165) is 28.7 Å². The van der Waals surface area contributed by atoms with Crippen molar-refractivity contribution in [2.75, 3.05) is 0 Å². The fourth-order valence-electron chi connectivity index (χ4n) is 2.07. The van der Waals surface area contributed by atoms with Gasteiger partial charge in [-0.05, 0) is 49.2 Å². The van der Waals surface area contributed by atoms with E-state index in [1.54, 1.807) is 24.3 Å². The Balaban J connectivity index is 2.21. The lowest BCUT2D eigenvalue weighted by Gasteiger charge is -2.13. The van der Waals surface area contributed by atoms with Crippen molar-refractivity contribution in [2.45, 2.75) is 20.5 Å². The van der Waals surface area contributed by atoms with Crippen molar-refractivity contribution in [1.29, 1.82) is 0 Å². The fourth-order valence-corrected chi connectivity index (χ4v) is 2.53. The Kier molecular flexibility index (Phi) is 4.69. The molecule has 0 atom stereocenters. The number of rotatable bonds is 4. The summed E-state index contributed by atoms with van der Waals surface area (Å²) in [7, 11) is 0. The van der Waals surface area contributed by atoms with Gasteiger partial charge in [0, 0.05) is 21.2 Å². The highest BCUT2D eigenvalue weighted by atomic mass is 35.5. The van der Waals surface area contributed by atoms with E-state index < -0.39 is 0 Å². The van der Waals surface area contributed by atoms with E-state index in [-0.39, 0.29) is 0 Å². The Morgan fingerprint density at radius 2 is 1.75 bits per heavy atom. The average molecular weight is 309 g/mol. The molecule has 0 amide bonds. The van der Waals surface area contributed by atoms with Crippen LogP contribution >= 0.6 is 23.2 Å². The van der Waals surface area contributed by atoms with Crippen LogP contribution < -0.4 is 4.74 Å². The molecule has 0 fully saturated rings. The van der Waals surface area contributed by atoms with E-state index >= 15 is 0 Å². The molecule has 0 aromatic heterocycles. The summed E-state index contributed by atoms with van der Waals surface area (Å²) in [6.07, 6.45) is 0.833. The van der Waals surface area contributed by atoms with E-state index in [1.165, 1.54) is 0 Å². The van der Waals surface area contributed by atoms with Crippen LogP contribution in [0.4, 0.5) is 0 Å². The normalized spacial score (nSPS) is 10.4. The van der Waals surface area contributed by atoms with E-state index in [2.05, 4.69) is 0 Å². The molecule has 0 spiro atoms. The van der Waals surface area contributed by atoms with Crippen LogP contribution in [-0.2, 0) is 6.61 Å². The SMILES string of the molecule is Cc1cc(C=O)cc(C)c1OCc1ccc(Cl)cc1Cl. The minimum absolute atomic E-state index is 0.359. The standard InChI is InChI=1S/C16H14Cl2O2/c1-10-5-12(8-19)6-11(2)16(10)20-9-13-3-4-14(17)7-15(13)18/h3-8H,9H2,1-2H3. The summed E-state index contributed by atoms with van der Waals surface area (Å²) in [4.78, 5) is 10.8. The van der Waals surface area contributed by atoms with Crippen LogP contribution in [0.3, 0.4) is 0 Å². The molecule has 0 unspecified atom stereocenters. The molecule has 0 aliphatic rings. The van der Waals surface area contributed by atoms with Gasteiger partial charge >= 0.3 is 0 Å². The van der Waals surface area contributed by atoms with Gasteiger partial charge < -0.3 is 4.74 Å². The molecule has 4 heteroatoms. The summed E-state index contributed by atoms with van der Waals surface area (Å²) in [6, 6.07) is 8.92. The van der Waals surface area contributed by atoms with E-state index in [1.807, 2.05) is 19.9 Å².